The van der Waals surface area contributed by atoms with E-state index in [4.69, 9.17) is 16.7 Å². The van der Waals surface area contributed by atoms with Crippen LogP contribution in [-0.4, -0.2) is 29.3 Å². The molecule has 5 heteroatoms. The fourth-order valence-corrected chi connectivity index (χ4v) is 1.72. The van der Waals surface area contributed by atoms with Gasteiger partial charge in [0.1, 0.15) is 5.75 Å². The molecule has 0 aliphatic heterocycles. The van der Waals surface area contributed by atoms with Crippen molar-refractivity contribution in [2.75, 3.05) is 13.2 Å². The number of benzene rings is 1. The number of hydrogen-bond acceptors (Lipinski definition) is 3. The molecule has 1 aromatic carbocycles. The van der Waals surface area contributed by atoms with Crippen molar-refractivity contribution in [1.82, 2.24) is 5.32 Å². The van der Waals surface area contributed by atoms with Crippen molar-refractivity contribution in [2.24, 2.45) is 0 Å². The van der Waals surface area contributed by atoms with Gasteiger partial charge in [0.05, 0.1) is 5.02 Å². The predicted octanol–water partition coefficient (Wildman–Crippen LogP) is 2.33. The third kappa shape index (κ3) is 4.94. The number of halogens is 1. The number of carbonyl (C=O) groups is 1. The van der Waals surface area contributed by atoms with Gasteiger partial charge in [-0.25, -0.2) is 0 Å². The molecule has 0 saturated carbocycles. The summed E-state index contributed by atoms with van der Waals surface area (Å²) in [6.07, 6.45) is 3.65. The Morgan fingerprint density at radius 3 is 2.61 bits per heavy atom. The Hall–Kier alpha value is -1.26. The maximum Gasteiger partial charge on any atom is 0.251 e. The maximum absolute atomic E-state index is 11.7. The Morgan fingerprint density at radius 1 is 1.22 bits per heavy atom. The van der Waals surface area contributed by atoms with Gasteiger partial charge >= 0.3 is 0 Å². The van der Waals surface area contributed by atoms with Crippen molar-refractivity contribution in [2.45, 2.75) is 25.7 Å². The molecule has 0 bridgehead atoms. The number of hydrogen-bond donors (Lipinski definition) is 3. The molecule has 0 aliphatic carbocycles. The van der Waals surface area contributed by atoms with E-state index in [2.05, 4.69) is 5.32 Å². The molecule has 1 aromatic rings. The number of nitrogens with one attached hydrogen (secondary N) is 1. The van der Waals surface area contributed by atoms with Crippen LogP contribution in [-0.2, 0) is 0 Å². The predicted molar refractivity (Wildman–Crippen MR) is 71.0 cm³/mol. The molecular formula is C13H18ClNO3. The summed E-state index contributed by atoms with van der Waals surface area (Å²) in [7, 11) is 0. The van der Waals surface area contributed by atoms with Gasteiger partial charge in [-0.05, 0) is 31.0 Å². The van der Waals surface area contributed by atoms with Gasteiger partial charge in [0.2, 0.25) is 0 Å². The number of amides is 1. The molecule has 0 unspecified atom stereocenters. The number of rotatable bonds is 7. The van der Waals surface area contributed by atoms with Crippen LogP contribution in [0.4, 0.5) is 0 Å². The Bertz CT molecular complexity index is 396. The zero-order valence-corrected chi connectivity index (χ0v) is 10.9. The van der Waals surface area contributed by atoms with Gasteiger partial charge in [-0.15, -0.1) is 0 Å². The highest BCUT2D eigenvalue weighted by Crippen LogP contribution is 2.23. The van der Waals surface area contributed by atoms with E-state index in [9.17, 15) is 9.90 Å². The summed E-state index contributed by atoms with van der Waals surface area (Å²) in [5.74, 6) is -0.226. The lowest BCUT2D eigenvalue weighted by atomic mass is 10.2. The molecule has 0 heterocycles. The van der Waals surface area contributed by atoms with Crippen LogP contribution in [0.15, 0.2) is 18.2 Å². The first-order valence-electron chi connectivity index (χ1n) is 6.02. The van der Waals surface area contributed by atoms with Gasteiger partial charge in [-0.3, -0.25) is 4.79 Å². The lowest BCUT2D eigenvalue weighted by molar-refractivity contribution is 0.0953. The molecule has 0 radical (unpaired) electrons. The molecule has 0 saturated heterocycles. The van der Waals surface area contributed by atoms with E-state index in [1.807, 2.05) is 0 Å². The molecule has 0 fully saturated rings. The van der Waals surface area contributed by atoms with Gasteiger partial charge in [0.15, 0.2) is 0 Å². The third-order valence-electron chi connectivity index (χ3n) is 2.58. The minimum Gasteiger partial charge on any atom is -0.506 e. The van der Waals surface area contributed by atoms with E-state index >= 15 is 0 Å². The molecule has 3 N–H and O–H groups in total. The molecular weight excluding hydrogens is 254 g/mol. The second kappa shape index (κ2) is 7.95. The fourth-order valence-electron chi connectivity index (χ4n) is 1.54. The van der Waals surface area contributed by atoms with E-state index in [0.717, 1.165) is 25.7 Å². The first kappa shape index (κ1) is 14.8. The monoisotopic (exact) mass is 271 g/mol. The lowest BCUT2D eigenvalue weighted by Crippen LogP contribution is -2.24. The molecule has 4 nitrogen and oxygen atoms in total. The third-order valence-corrected chi connectivity index (χ3v) is 2.88. The molecule has 100 valence electrons. The minimum atomic E-state index is -0.195. The SMILES string of the molecule is O=C(NCCCCCCO)c1ccc(O)c(Cl)c1. The highest BCUT2D eigenvalue weighted by atomic mass is 35.5. The van der Waals surface area contributed by atoms with Crippen molar-refractivity contribution in [1.29, 1.82) is 0 Å². The first-order valence-corrected chi connectivity index (χ1v) is 6.40. The van der Waals surface area contributed by atoms with Crippen LogP contribution in [0.3, 0.4) is 0 Å². The molecule has 18 heavy (non-hydrogen) atoms. The van der Waals surface area contributed by atoms with E-state index < -0.39 is 0 Å². The maximum atomic E-state index is 11.7. The summed E-state index contributed by atoms with van der Waals surface area (Å²) < 4.78 is 0. The Morgan fingerprint density at radius 2 is 1.94 bits per heavy atom. The number of phenolic OH excluding ortho intramolecular Hbond substituents is 1. The van der Waals surface area contributed by atoms with Crippen LogP contribution in [0, 0.1) is 0 Å². The van der Waals surface area contributed by atoms with E-state index in [-0.39, 0.29) is 23.3 Å². The number of aromatic hydroxyl groups is 1. The molecule has 0 atom stereocenters. The van der Waals surface area contributed by atoms with E-state index in [1.54, 1.807) is 0 Å². The van der Waals surface area contributed by atoms with E-state index in [1.165, 1.54) is 18.2 Å². The van der Waals surface area contributed by atoms with Gasteiger partial charge < -0.3 is 15.5 Å². The highest BCUT2D eigenvalue weighted by molar-refractivity contribution is 6.32. The second-order valence-electron chi connectivity index (χ2n) is 4.06. The van der Waals surface area contributed by atoms with Gasteiger partial charge in [-0.2, -0.15) is 0 Å². The van der Waals surface area contributed by atoms with Crippen molar-refractivity contribution >= 4 is 17.5 Å². The van der Waals surface area contributed by atoms with E-state index in [0.29, 0.717) is 12.1 Å². The molecule has 0 spiro atoms. The van der Waals surface area contributed by atoms with Crippen LogP contribution in [0.25, 0.3) is 0 Å². The van der Waals surface area contributed by atoms with Gasteiger partial charge in [0, 0.05) is 18.7 Å². The normalized spacial score (nSPS) is 10.3. The van der Waals surface area contributed by atoms with Crippen LogP contribution in [0.2, 0.25) is 5.02 Å². The van der Waals surface area contributed by atoms with Gasteiger partial charge in [-0.1, -0.05) is 24.4 Å². The summed E-state index contributed by atoms with van der Waals surface area (Å²) in [5.41, 5.74) is 0.438. The summed E-state index contributed by atoms with van der Waals surface area (Å²) in [5, 5.41) is 20.8. The van der Waals surface area contributed by atoms with Crippen molar-refractivity contribution in [3.63, 3.8) is 0 Å². The van der Waals surface area contributed by atoms with Gasteiger partial charge in [0.25, 0.3) is 5.91 Å². The molecule has 1 rings (SSSR count). The average molecular weight is 272 g/mol. The zero-order valence-electron chi connectivity index (χ0n) is 10.2. The average Bonchev–Trinajstić information content (AvgIpc) is 2.36. The van der Waals surface area contributed by atoms with Crippen LogP contribution < -0.4 is 5.32 Å². The number of aliphatic hydroxyl groups excluding tert-OH is 1. The van der Waals surface area contributed by atoms with Crippen LogP contribution in [0.5, 0.6) is 5.75 Å². The van der Waals surface area contributed by atoms with Crippen molar-refractivity contribution < 1.29 is 15.0 Å². The van der Waals surface area contributed by atoms with Crippen LogP contribution in [0.1, 0.15) is 36.0 Å². The quantitative estimate of drug-likeness (QED) is 0.667. The number of phenols is 1. The summed E-state index contributed by atoms with van der Waals surface area (Å²) in [6.45, 7) is 0.821. The topological polar surface area (TPSA) is 69.6 Å². The standard InChI is InChI=1S/C13H18ClNO3/c14-11-9-10(5-6-12(11)17)13(18)15-7-3-1-2-4-8-16/h5-6,9,16-17H,1-4,7-8H2,(H,15,18). The largest absolute Gasteiger partial charge is 0.506 e. The lowest BCUT2D eigenvalue weighted by Gasteiger charge is -2.06. The smallest absolute Gasteiger partial charge is 0.251 e. The summed E-state index contributed by atoms with van der Waals surface area (Å²) >= 11 is 5.72. The molecule has 1 amide bonds. The summed E-state index contributed by atoms with van der Waals surface area (Å²) in [4.78, 5) is 11.7. The number of carbonyl (C=O) groups excluding carboxylic acids is 1. The highest BCUT2D eigenvalue weighted by Gasteiger charge is 2.07. The Kier molecular flexibility index (Phi) is 6.54. The summed E-state index contributed by atoms with van der Waals surface area (Å²) in [6, 6.07) is 4.37. The molecule has 0 aromatic heterocycles. The van der Waals surface area contributed by atoms with Crippen molar-refractivity contribution in [3.05, 3.63) is 28.8 Å². The first-order chi connectivity index (χ1) is 8.65. The van der Waals surface area contributed by atoms with Crippen molar-refractivity contribution in [3.8, 4) is 5.75 Å². The number of unbranched alkanes of at least 4 members (excludes halogenated alkanes) is 3. The molecule has 0 aliphatic rings. The minimum absolute atomic E-state index is 0.0304. The number of aliphatic hydroxyl groups is 1. The Balaban J connectivity index is 2.30. The van der Waals surface area contributed by atoms with Crippen LogP contribution >= 0.6 is 11.6 Å². The fraction of sp³-hybridized carbons (Fsp3) is 0.462. The Labute approximate surface area is 112 Å². The second-order valence-corrected chi connectivity index (χ2v) is 4.47. The zero-order chi connectivity index (χ0) is 13.4.